The minimum Gasteiger partial charge on any atom is -0.361 e. The topological polar surface area (TPSA) is 144 Å². The number of fused-ring (bicyclic) bond motifs is 1. The number of amides is 3. The fourth-order valence-electron chi connectivity index (χ4n) is 4.21. The zero-order valence-electron chi connectivity index (χ0n) is 18.8. The molecular weight excluding hydrogens is 432 g/mol. The summed E-state index contributed by atoms with van der Waals surface area (Å²) in [6, 6.07) is 12.7. The van der Waals surface area contributed by atoms with Crippen molar-refractivity contribution in [3.63, 3.8) is 0 Å². The Hall–Kier alpha value is -4.16. The smallest absolute Gasteiger partial charge is 0.323 e. The van der Waals surface area contributed by atoms with Crippen molar-refractivity contribution in [2.24, 2.45) is 5.73 Å². The van der Waals surface area contributed by atoms with E-state index in [1.54, 1.807) is 35.2 Å². The summed E-state index contributed by atoms with van der Waals surface area (Å²) in [5.74, 6) is -0.263. The van der Waals surface area contributed by atoms with Crippen LogP contribution in [0.4, 0.5) is 16.2 Å². The number of H-pyrrole nitrogens is 1. The van der Waals surface area contributed by atoms with Gasteiger partial charge < -0.3 is 26.3 Å². The van der Waals surface area contributed by atoms with E-state index in [2.05, 4.69) is 21.7 Å². The Morgan fingerprint density at radius 1 is 1.18 bits per heavy atom. The molecular formula is C25H26N6O3. The number of benzene rings is 2. The van der Waals surface area contributed by atoms with Crippen molar-refractivity contribution in [2.75, 3.05) is 17.2 Å². The summed E-state index contributed by atoms with van der Waals surface area (Å²) in [6.45, 7) is 2.04. The molecule has 9 nitrogen and oxygen atoms in total. The molecule has 1 fully saturated rings. The van der Waals surface area contributed by atoms with Gasteiger partial charge in [0.2, 0.25) is 5.91 Å². The summed E-state index contributed by atoms with van der Waals surface area (Å²) < 4.78 is 0. The van der Waals surface area contributed by atoms with Gasteiger partial charge in [-0.05, 0) is 74.2 Å². The standard InChI is InChI=1S/C25H26N6O3/c1-15(32)16-4-6-18(7-5-16)29-25(34)30-19-8-9-23-21(12-19)17(14-28-23)11-22(27)24(33)31-10-2-3-20(31)13-26/h4-9,12,14,20,22,28H,2-3,10-11,27H2,1H3,(H2,29,30,34)/t20-,22-/m0/s1. The number of nitrogens with zero attached hydrogens (tertiary/aromatic N) is 2. The van der Waals surface area contributed by atoms with Gasteiger partial charge in [0.1, 0.15) is 6.04 Å². The maximum absolute atomic E-state index is 12.8. The van der Waals surface area contributed by atoms with Crippen molar-refractivity contribution in [1.29, 1.82) is 5.26 Å². The Morgan fingerprint density at radius 2 is 1.88 bits per heavy atom. The van der Waals surface area contributed by atoms with E-state index < -0.39 is 18.1 Å². The molecule has 9 heteroatoms. The van der Waals surface area contributed by atoms with Crippen molar-refractivity contribution in [1.82, 2.24) is 9.88 Å². The fourth-order valence-corrected chi connectivity index (χ4v) is 4.21. The molecule has 0 unspecified atom stereocenters. The van der Waals surface area contributed by atoms with E-state index in [-0.39, 0.29) is 11.7 Å². The lowest BCUT2D eigenvalue weighted by atomic mass is 10.0. The van der Waals surface area contributed by atoms with Gasteiger partial charge in [-0.25, -0.2) is 4.79 Å². The number of nitrogens with one attached hydrogen (secondary N) is 3. The van der Waals surface area contributed by atoms with E-state index in [4.69, 9.17) is 5.73 Å². The number of aromatic nitrogens is 1. The predicted molar refractivity (Wildman–Crippen MR) is 129 cm³/mol. The molecule has 1 saturated heterocycles. The number of anilines is 2. The average Bonchev–Trinajstić information content (AvgIpc) is 3.45. The molecule has 0 bridgehead atoms. The number of Topliss-reactive ketones (excluding diaryl/α,β-unsaturated/α-hetero) is 1. The third-order valence-corrected chi connectivity index (χ3v) is 6.02. The number of likely N-dealkylation sites (tertiary alicyclic amines) is 1. The SMILES string of the molecule is CC(=O)c1ccc(NC(=O)Nc2ccc3[nH]cc(C[C@H](N)C(=O)N4CCC[C@H]4C#N)c3c2)cc1. The van der Waals surface area contributed by atoms with Crippen LogP contribution in [0.1, 0.15) is 35.7 Å². The van der Waals surface area contributed by atoms with Crippen molar-refractivity contribution in [3.8, 4) is 6.07 Å². The van der Waals surface area contributed by atoms with Crippen LogP contribution in [0.5, 0.6) is 0 Å². The van der Waals surface area contributed by atoms with Crippen LogP contribution in [-0.2, 0) is 11.2 Å². The van der Waals surface area contributed by atoms with Gasteiger partial charge in [0, 0.05) is 40.6 Å². The molecule has 2 atom stereocenters. The Balaban J connectivity index is 1.43. The van der Waals surface area contributed by atoms with E-state index in [0.717, 1.165) is 22.9 Å². The zero-order valence-corrected chi connectivity index (χ0v) is 18.8. The number of ketones is 1. The third-order valence-electron chi connectivity index (χ3n) is 6.02. The maximum Gasteiger partial charge on any atom is 0.323 e. The van der Waals surface area contributed by atoms with E-state index in [9.17, 15) is 19.6 Å². The molecule has 0 spiro atoms. The summed E-state index contributed by atoms with van der Waals surface area (Å²) >= 11 is 0. The highest BCUT2D eigenvalue weighted by atomic mass is 16.2. The summed E-state index contributed by atoms with van der Waals surface area (Å²) in [7, 11) is 0. The maximum atomic E-state index is 12.8. The second-order valence-corrected chi connectivity index (χ2v) is 8.42. The first-order valence-electron chi connectivity index (χ1n) is 11.1. The number of hydrogen-bond donors (Lipinski definition) is 4. The largest absolute Gasteiger partial charge is 0.361 e. The summed E-state index contributed by atoms with van der Waals surface area (Å²) in [6.07, 6.45) is 3.61. The first-order chi connectivity index (χ1) is 16.4. The van der Waals surface area contributed by atoms with E-state index in [0.29, 0.717) is 36.3 Å². The van der Waals surface area contributed by atoms with Crippen LogP contribution < -0.4 is 16.4 Å². The number of urea groups is 1. The Labute approximate surface area is 196 Å². The highest BCUT2D eigenvalue weighted by Gasteiger charge is 2.31. The Kier molecular flexibility index (Phi) is 6.61. The predicted octanol–water partition coefficient (Wildman–Crippen LogP) is 3.40. The minimum absolute atomic E-state index is 0.0432. The number of hydrogen-bond acceptors (Lipinski definition) is 5. The highest BCUT2D eigenvalue weighted by Crippen LogP contribution is 2.25. The summed E-state index contributed by atoms with van der Waals surface area (Å²) in [5, 5.41) is 15.6. The van der Waals surface area contributed by atoms with Gasteiger partial charge in [-0.15, -0.1) is 0 Å². The van der Waals surface area contributed by atoms with E-state index >= 15 is 0 Å². The van der Waals surface area contributed by atoms with Crippen LogP contribution in [0, 0.1) is 11.3 Å². The lowest BCUT2D eigenvalue weighted by Crippen LogP contribution is -2.46. The summed E-state index contributed by atoms with van der Waals surface area (Å²) in [4.78, 5) is 41.3. The van der Waals surface area contributed by atoms with Crippen LogP contribution in [0.15, 0.2) is 48.7 Å². The van der Waals surface area contributed by atoms with Crippen LogP contribution in [-0.4, -0.2) is 46.2 Å². The van der Waals surface area contributed by atoms with Crippen molar-refractivity contribution < 1.29 is 14.4 Å². The van der Waals surface area contributed by atoms with Crippen molar-refractivity contribution >= 4 is 40.0 Å². The van der Waals surface area contributed by atoms with Crippen LogP contribution in [0.25, 0.3) is 10.9 Å². The first kappa shape index (κ1) is 23.0. The summed E-state index contributed by atoms with van der Waals surface area (Å²) in [5.41, 5.74) is 9.64. The first-order valence-corrected chi connectivity index (χ1v) is 11.1. The van der Waals surface area contributed by atoms with Gasteiger partial charge in [0.15, 0.2) is 5.78 Å². The number of nitrogens with two attached hydrogens (primary N) is 1. The Morgan fingerprint density at radius 3 is 2.59 bits per heavy atom. The molecule has 3 amide bonds. The lowest BCUT2D eigenvalue weighted by Gasteiger charge is -2.23. The quantitative estimate of drug-likeness (QED) is 0.419. The number of rotatable bonds is 6. The second-order valence-electron chi connectivity index (χ2n) is 8.42. The zero-order chi connectivity index (χ0) is 24.2. The average molecular weight is 459 g/mol. The number of carbonyl (C=O) groups excluding carboxylic acids is 3. The normalized spacial score (nSPS) is 16.1. The molecule has 34 heavy (non-hydrogen) atoms. The van der Waals surface area contributed by atoms with Gasteiger partial charge in [0.25, 0.3) is 0 Å². The lowest BCUT2D eigenvalue weighted by molar-refractivity contribution is -0.132. The van der Waals surface area contributed by atoms with E-state index in [1.165, 1.54) is 6.92 Å². The van der Waals surface area contributed by atoms with Crippen LogP contribution >= 0.6 is 0 Å². The fraction of sp³-hybridized carbons (Fsp3) is 0.280. The second kappa shape index (κ2) is 9.77. The molecule has 5 N–H and O–H groups in total. The van der Waals surface area contributed by atoms with Crippen molar-refractivity contribution in [2.45, 2.75) is 38.3 Å². The molecule has 0 radical (unpaired) electrons. The minimum atomic E-state index is -0.758. The Bertz CT molecular complexity index is 1270. The van der Waals surface area contributed by atoms with Gasteiger partial charge in [0.05, 0.1) is 12.1 Å². The number of aromatic amines is 1. The van der Waals surface area contributed by atoms with Crippen molar-refractivity contribution in [3.05, 3.63) is 59.8 Å². The van der Waals surface area contributed by atoms with Gasteiger partial charge in [-0.1, -0.05) is 0 Å². The molecule has 3 aromatic rings. The van der Waals surface area contributed by atoms with Gasteiger partial charge in [-0.3, -0.25) is 9.59 Å². The third kappa shape index (κ3) is 4.92. The molecule has 1 aliphatic heterocycles. The van der Waals surface area contributed by atoms with Crippen LogP contribution in [0.2, 0.25) is 0 Å². The molecule has 1 aliphatic rings. The van der Waals surface area contributed by atoms with Gasteiger partial charge >= 0.3 is 6.03 Å². The molecule has 4 rings (SSSR count). The molecule has 1 aromatic heterocycles. The number of carbonyl (C=O) groups is 3. The van der Waals surface area contributed by atoms with Gasteiger partial charge in [-0.2, -0.15) is 5.26 Å². The monoisotopic (exact) mass is 458 g/mol. The molecule has 174 valence electrons. The van der Waals surface area contributed by atoms with E-state index in [1.807, 2.05) is 18.3 Å². The number of nitriles is 1. The molecule has 2 aromatic carbocycles. The molecule has 0 aliphatic carbocycles. The molecule has 0 saturated carbocycles. The highest BCUT2D eigenvalue weighted by molar-refractivity contribution is 6.02. The molecule has 2 heterocycles. The van der Waals surface area contributed by atoms with Crippen LogP contribution in [0.3, 0.4) is 0 Å².